The van der Waals surface area contributed by atoms with Crippen LogP contribution in [0.4, 0.5) is 27.6 Å². The van der Waals surface area contributed by atoms with Crippen molar-refractivity contribution in [3.63, 3.8) is 0 Å². The number of aromatic nitrogens is 1. The molecular formula is C19H13F5N2O2S. The third kappa shape index (κ3) is 5.57. The minimum atomic E-state index is -4.49. The number of halogens is 5. The highest BCUT2D eigenvalue weighted by atomic mass is 32.2. The minimum Gasteiger partial charge on any atom is -0.441 e. The summed E-state index contributed by atoms with van der Waals surface area (Å²) < 4.78 is 70.7. The molecule has 1 heterocycles. The molecule has 1 N–H and O–H groups in total. The molecule has 0 spiro atoms. The fourth-order valence-corrected chi connectivity index (χ4v) is 3.12. The van der Waals surface area contributed by atoms with Gasteiger partial charge in [-0.25, -0.2) is 13.8 Å². The zero-order valence-corrected chi connectivity index (χ0v) is 15.4. The van der Waals surface area contributed by atoms with Crippen LogP contribution in [0.1, 0.15) is 12.3 Å². The van der Waals surface area contributed by atoms with Crippen molar-refractivity contribution in [2.45, 2.75) is 23.2 Å². The van der Waals surface area contributed by atoms with Gasteiger partial charge in [-0.3, -0.25) is 4.79 Å². The summed E-state index contributed by atoms with van der Waals surface area (Å²) in [5.41, 5.74) is -4.83. The summed E-state index contributed by atoms with van der Waals surface area (Å²) in [6.45, 7) is 0. The number of carbonyl (C=O) groups excluding carboxylic acids is 1. The van der Waals surface area contributed by atoms with E-state index in [0.717, 1.165) is 18.3 Å². The van der Waals surface area contributed by atoms with E-state index in [1.54, 1.807) is 0 Å². The Morgan fingerprint density at radius 2 is 1.76 bits per heavy atom. The molecule has 0 aliphatic rings. The number of nitrogens with one attached hydrogen (secondary N) is 1. The van der Waals surface area contributed by atoms with Crippen LogP contribution in [0.25, 0.3) is 11.3 Å². The van der Waals surface area contributed by atoms with Crippen molar-refractivity contribution >= 4 is 23.4 Å². The molecule has 0 aliphatic carbocycles. The van der Waals surface area contributed by atoms with E-state index in [-0.39, 0.29) is 52.4 Å². The van der Waals surface area contributed by atoms with Crippen LogP contribution in [-0.4, -0.2) is 16.4 Å². The Kier molecular flexibility index (Phi) is 6.21. The van der Waals surface area contributed by atoms with Crippen LogP contribution >= 0.6 is 11.8 Å². The molecule has 0 unspecified atom stereocenters. The van der Waals surface area contributed by atoms with Crippen molar-refractivity contribution in [3.05, 3.63) is 66.2 Å². The van der Waals surface area contributed by atoms with Gasteiger partial charge in [-0.2, -0.15) is 13.2 Å². The number of carbonyl (C=O) groups is 1. The first-order chi connectivity index (χ1) is 13.7. The Balaban J connectivity index is 1.64. The number of hydrogen-bond acceptors (Lipinski definition) is 4. The highest BCUT2D eigenvalue weighted by Crippen LogP contribution is 2.40. The maximum absolute atomic E-state index is 13.8. The predicted octanol–water partition coefficient (Wildman–Crippen LogP) is 5.80. The zero-order chi connectivity index (χ0) is 21.0. The van der Waals surface area contributed by atoms with Crippen LogP contribution in [0, 0.1) is 11.6 Å². The fraction of sp³-hybridized carbons (Fsp3) is 0.158. The number of thioether (sulfide) groups is 1. The topological polar surface area (TPSA) is 55.1 Å². The average molecular weight is 428 g/mol. The van der Waals surface area contributed by atoms with E-state index in [0.29, 0.717) is 0 Å². The van der Waals surface area contributed by atoms with Gasteiger partial charge in [0.25, 0.3) is 0 Å². The number of para-hydroxylation sites is 1. The lowest BCUT2D eigenvalue weighted by Crippen LogP contribution is -2.13. The predicted molar refractivity (Wildman–Crippen MR) is 97.2 cm³/mol. The van der Waals surface area contributed by atoms with Gasteiger partial charge in [0, 0.05) is 17.7 Å². The van der Waals surface area contributed by atoms with Gasteiger partial charge in [0.1, 0.15) is 11.6 Å². The van der Waals surface area contributed by atoms with Crippen molar-refractivity contribution in [2.75, 3.05) is 5.32 Å². The number of benzene rings is 2. The Morgan fingerprint density at radius 3 is 2.45 bits per heavy atom. The summed E-state index contributed by atoms with van der Waals surface area (Å²) in [5.74, 6) is -2.25. The second-order valence-electron chi connectivity index (χ2n) is 5.81. The summed E-state index contributed by atoms with van der Waals surface area (Å²) in [5, 5.41) is 2.41. The first kappa shape index (κ1) is 20.8. The number of rotatable bonds is 6. The van der Waals surface area contributed by atoms with Crippen LogP contribution in [0.3, 0.4) is 0 Å². The monoisotopic (exact) mass is 428 g/mol. The molecule has 1 amide bonds. The first-order valence-electron chi connectivity index (χ1n) is 8.26. The van der Waals surface area contributed by atoms with Crippen molar-refractivity contribution in [1.29, 1.82) is 0 Å². The number of alkyl halides is 3. The quantitative estimate of drug-likeness (QED) is 0.398. The van der Waals surface area contributed by atoms with Crippen LogP contribution in [0.15, 0.2) is 58.0 Å². The molecular weight excluding hydrogens is 415 g/mol. The summed E-state index contributed by atoms with van der Waals surface area (Å²) in [6.07, 6.45) is 0.991. The molecule has 4 nitrogen and oxygen atoms in total. The van der Waals surface area contributed by atoms with E-state index in [9.17, 15) is 26.7 Å². The maximum Gasteiger partial charge on any atom is 0.446 e. The van der Waals surface area contributed by atoms with Gasteiger partial charge in [0.15, 0.2) is 11.7 Å². The molecule has 3 aromatic rings. The lowest BCUT2D eigenvalue weighted by atomic mass is 10.1. The maximum atomic E-state index is 13.8. The Bertz CT molecular complexity index is 1000. The fourth-order valence-electron chi connectivity index (χ4n) is 2.49. The molecule has 0 saturated heterocycles. The average Bonchev–Trinajstić information content (AvgIpc) is 3.09. The third-order valence-corrected chi connectivity index (χ3v) is 4.52. The zero-order valence-electron chi connectivity index (χ0n) is 14.6. The molecule has 0 radical (unpaired) electrons. The minimum absolute atomic E-state index is 0.00349. The molecule has 152 valence electrons. The van der Waals surface area contributed by atoms with E-state index in [1.807, 2.05) is 0 Å². The van der Waals surface area contributed by atoms with E-state index in [4.69, 9.17) is 4.42 Å². The number of aryl methyl sites for hydroxylation is 1. The molecule has 0 bridgehead atoms. The van der Waals surface area contributed by atoms with Crippen LogP contribution < -0.4 is 5.32 Å². The molecule has 0 atom stereocenters. The number of amides is 1. The largest absolute Gasteiger partial charge is 0.446 e. The number of hydrogen-bond donors (Lipinski definition) is 1. The second kappa shape index (κ2) is 8.64. The van der Waals surface area contributed by atoms with Gasteiger partial charge in [-0.05, 0) is 36.0 Å². The van der Waals surface area contributed by atoms with Crippen LogP contribution in [0.2, 0.25) is 0 Å². The number of nitrogens with zero attached hydrogens (tertiary/aromatic N) is 1. The summed E-state index contributed by atoms with van der Waals surface area (Å²) >= 11 is -0.329. The number of anilines is 1. The standard InChI is InChI=1S/C19H13F5N2O2S/c20-11-4-3-5-12(21)18(11)14-10-25-17(28-14)9-8-16(27)26-13-6-1-2-7-15(13)29-19(22,23)24/h1-7,10H,8-9H2,(H,26,27). The Labute approximate surface area is 166 Å². The molecule has 1 aromatic heterocycles. The summed E-state index contributed by atoms with van der Waals surface area (Å²) in [7, 11) is 0. The normalized spacial score (nSPS) is 11.5. The third-order valence-electron chi connectivity index (χ3n) is 3.72. The van der Waals surface area contributed by atoms with Crippen molar-refractivity contribution < 1.29 is 31.2 Å². The van der Waals surface area contributed by atoms with Crippen LogP contribution in [-0.2, 0) is 11.2 Å². The van der Waals surface area contributed by atoms with Gasteiger partial charge < -0.3 is 9.73 Å². The summed E-state index contributed by atoms with van der Waals surface area (Å²) in [6, 6.07) is 8.89. The lowest BCUT2D eigenvalue weighted by molar-refractivity contribution is -0.116. The molecule has 29 heavy (non-hydrogen) atoms. The van der Waals surface area contributed by atoms with E-state index < -0.39 is 23.0 Å². The Hall–Kier alpha value is -2.88. The number of oxazole rings is 1. The Morgan fingerprint density at radius 1 is 1.07 bits per heavy atom. The van der Waals surface area contributed by atoms with Gasteiger partial charge in [0.2, 0.25) is 5.91 Å². The molecule has 3 rings (SSSR count). The van der Waals surface area contributed by atoms with Crippen LogP contribution in [0.5, 0.6) is 0 Å². The SMILES string of the molecule is O=C(CCc1ncc(-c2c(F)cccc2F)o1)Nc1ccccc1SC(F)(F)F. The highest BCUT2D eigenvalue weighted by molar-refractivity contribution is 8.00. The van der Waals surface area contributed by atoms with Gasteiger partial charge >= 0.3 is 5.51 Å². The van der Waals surface area contributed by atoms with E-state index >= 15 is 0 Å². The van der Waals surface area contributed by atoms with E-state index in [2.05, 4.69) is 10.3 Å². The van der Waals surface area contributed by atoms with Gasteiger partial charge in [-0.15, -0.1) is 0 Å². The summed E-state index contributed by atoms with van der Waals surface area (Å²) in [4.78, 5) is 15.8. The van der Waals surface area contributed by atoms with Gasteiger partial charge in [-0.1, -0.05) is 18.2 Å². The van der Waals surface area contributed by atoms with Crippen molar-refractivity contribution in [3.8, 4) is 11.3 Å². The molecule has 0 saturated carbocycles. The highest BCUT2D eigenvalue weighted by Gasteiger charge is 2.30. The lowest BCUT2D eigenvalue weighted by Gasteiger charge is -2.11. The first-order valence-corrected chi connectivity index (χ1v) is 9.08. The van der Waals surface area contributed by atoms with Gasteiger partial charge in [0.05, 0.1) is 17.4 Å². The molecule has 0 aliphatic heterocycles. The van der Waals surface area contributed by atoms with E-state index in [1.165, 1.54) is 30.3 Å². The smallest absolute Gasteiger partial charge is 0.441 e. The molecule has 0 fully saturated rings. The van der Waals surface area contributed by atoms with Crippen molar-refractivity contribution in [1.82, 2.24) is 4.98 Å². The van der Waals surface area contributed by atoms with Crippen molar-refractivity contribution in [2.24, 2.45) is 0 Å². The molecule has 2 aromatic carbocycles. The molecule has 10 heteroatoms. The second-order valence-corrected chi connectivity index (χ2v) is 6.91.